The summed E-state index contributed by atoms with van der Waals surface area (Å²) >= 11 is 6.06. The summed E-state index contributed by atoms with van der Waals surface area (Å²) in [5, 5.41) is 12.1. The molecule has 0 unspecified atom stereocenters. The van der Waals surface area contributed by atoms with Gasteiger partial charge in [0.25, 0.3) is 5.56 Å². The molecule has 1 aliphatic rings. The van der Waals surface area contributed by atoms with Crippen molar-refractivity contribution in [1.29, 1.82) is 0 Å². The van der Waals surface area contributed by atoms with Crippen molar-refractivity contribution in [3.63, 3.8) is 0 Å². The summed E-state index contributed by atoms with van der Waals surface area (Å²) < 4.78 is 0. The van der Waals surface area contributed by atoms with Crippen molar-refractivity contribution >= 4 is 22.5 Å². The third-order valence-electron chi connectivity index (χ3n) is 5.93. The van der Waals surface area contributed by atoms with Crippen LogP contribution in [0.2, 0.25) is 5.02 Å². The predicted molar refractivity (Wildman–Crippen MR) is 121 cm³/mol. The maximum absolute atomic E-state index is 13.0. The molecule has 5 heteroatoms. The molecule has 4 aromatic rings. The van der Waals surface area contributed by atoms with E-state index in [4.69, 9.17) is 11.6 Å². The molecule has 0 saturated carbocycles. The number of hydrogen-bond donors (Lipinski definition) is 2. The monoisotopic (exact) mass is 416 g/mol. The molecule has 3 aromatic carbocycles. The van der Waals surface area contributed by atoms with Gasteiger partial charge in [-0.25, -0.2) is 0 Å². The zero-order valence-electron chi connectivity index (χ0n) is 16.5. The fourth-order valence-electron chi connectivity index (χ4n) is 4.56. The first-order chi connectivity index (χ1) is 14.5. The largest absolute Gasteiger partial charge is 0.506 e. The van der Waals surface area contributed by atoms with Gasteiger partial charge in [-0.05, 0) is 47.5 Å². The lowest BCUT2D eigenvalue weighted by molar-refractivity contribution is 0.295. The first kappa shape index (κ1) is 18.9. The summed E-state index contributed by atoms with van der Waals surface area (Å²) in [4.78, 5) is 18.2. The quantitative estimate of drug-likeness (QED) is 0.476. The summed E-state index contributed by atoms with van der Waals surface area (Å²) in [5.74, 6) is 0.198. The van der Waals surface area contributed by atoms with Gasteiger partial charge in [-0.1, -0.05) is 60.1 Å². The SMILES string of the molecule is CN1Cc2c(-c3c(O)c4ccc(Cl)cc4[nH]c3=O)cccc2[C@H](c2ccccc2)C1. The van der Waals surface area contributed by atoms with Crippen LogP contribution in [0.5, 0.6) is 5.75 Å². The normalized spacial score (nSPS) is 16.5. The van der Waals surface area contributed by atoms with Crippen LogP contribution in [0.25, 0.3) is 22.0 Å². The summed E-state index contributed by atoms with van der Waals surface area (Å²) in [7, 11) is 2.09. The van der Waals surface area contributed by atoms with Crippen molar-refractivity contribution < 1.29 is 5.11 Å². The Morgan fingerprint density at radius 3 is 2.67 bits per heavy atom. The number of pyridine rings is 1. The Bertz CT molecular complexity index is 1310. The topological polar surface area (TPSA) is 56.3 Å². The lowest BCUT2D eigenvalue weighted by Crippen LogP contribution is -2.31. The summed E-state index contributed by atoms with van der Waals surface area (Å²) in [6.45, 7) is 1.62. The highest BCUT2D eigenvalue weighted by Gasteiger charge is 2.28. The Kier molecular flexibility index (Phi) is 4.61. The van der Waals surface area contributed by atoms with E-state index in [2.05, 4.69) is 47.3 Å². The molecule has 0 bridgehead atoms. The molecule has 0 amide bonds. The minimum absolute atomic E-state index is 0.0108. The van der Waals surface area contributed by atoms with Gasteiger partial charge in [0.2, 0.25) is 0 Å². The van der Waals surface area contributed by atoms with Crippen molar-refractivity contribution in [2.24, 2.45) is 0 Å². The first-order valence-corrected chi connectivity index (χ1v) is 10.3. The Morgan fingerprint density at radius 1 is 1.07 bits per heavy atom. The molecule has 0 aliphatic carbocycles. The molecular weight excluding hydrogens is 396 g/mol. The molecule has 0 radical (unpaired) electrons. The number of fused-ring (bicyclic) bond motifs is 2. The van der Waals surface area contributed by atoms with Crippen LogP contribution >= 0.6 is 11.6 Å². The van der Waals surface area contributed by atoms with E-state index in [1.54, 1.807) is 18.2 Å². The van der Waals surface area contributed by atoms with E-state index in [1.165, 1.54) is 11.1 Å². The van der Waals surface area contributed by atoms with Crippen molar-refractivity contribution in [3.05, 3.63) is 98.8 Å². The molecule has 1 atom stereocenters. The van der Waals surface area contributed by atoms with E-state index >= 15 is 0 Å². The first-order valence-electron chi connectivity index (χ1n) is 9.93. The molecule has 1 aliphatic heterocycles. The van der Waals surface area contributed by atoms with E-state index in [1.807, 2.05) is 18.2 Å². The Hall–Kier alpha value is -3.08. The van der Waals surface area contributed by atoms with Crippen LogP contribution in [0.4, 0.5) is 0 Å². The minimum atomic E-state index is -0.319. The van der Waals surface area contributed by atoms with Gasteiger partial charge in [0.1, 0.15) is 5.75 Å². The number of likely N-dealkylation sites (N-methyl/N-ethyl adjacent to an activating group) is 1. The lowest BCUT2D eigenvalue weighted by atomic mass is 9.81. The number of aromatic nitrogens is 1. The van der Waals surface area contributed by atoms with Crippen LogP contribution in [0, 0.1) is 0 Å². The average Bonchev–Trinajstić information content (AvgIpc) is 2.74. The number of halogens is 1. The van der Waals surface area contributed by atoms with E-state index in [-0.39, 0.29) is 17.2 Å². The minimum Gasteiger partial charge on any atom is -0.506 e. The number of H-pyrrole nitrogens is 1. The van der Waals surface area contributed by atoms with Gasteiger partial charge in [-0.3, -0.25) is 4.79 Å². The Labute approximate surface area is 179 Å². The smallest absolute Gasteiger partial charge is 0.260 e. The third-order valence-corrected chi connectivity index (χ3v) is 6.17. The maximum Gasteiger partial charge on any atom is 0.260 e. The van der Waals surface area contributed by atoms with Crippen molar-refractivity contribution in [2.75, 3.05) is 13.6 Å². The average molecular weight is 417 g/mol. The summed E-state index contributed by atoms with van der Waals surface area (Å²) in [5.41, 5.74) is 4.81. The van der Waals surface area contributed by atoms with E-state index in [9.17, 15) is 9.90 Å². The van der Waals surface area contributed by atoms with Gasteiger partial charge in [-0.15, -0.1) is 0 Å². The summed E-state index contributed by atoms with van der Waals surface area (Å²) in [6, 6.07) is 21.5. The van der Waals surface area contributed by atoms with E-state index < -0.39 is 0 Å². The predicted octanol–water partition coefficient (Wildman–Crippen LogP) is 5.13. The second-order valence-electron chi connectivity index (χ2n) is 7.90. The molecule has 4 nitrogen and oxygen atoms in total. The van der Waals surface area contributed by atoms with Crippen molar-refractivity contribution in [3.8, 4) is 16.9 Å². The van der Waals surface area contributed by atoms with Crippen LogP contribution in [0.15, 0.2) is 71.5 Å². The number of nitrogens with one attached hydrogen (secondary N) is 1. The molecule has 2 heterocycles. The Balaban J connectivity index is 1.75. The highest BCUT2D eigenvalue weighted by molar-refractivity contribution is 6.31. The number of aromatic amines is 1. The zero-order chi connectivity index (χ0) is 20.8. The van der Waals surface area contributed by atoms with Gasteiger partial charge in [0, 0.05) is 29.4 Å². The van der Waals surface area contributed by atoms with Crippen molar-refractivity contribution in [2.45, 2.75) is 12.5 Å². The molecule has 0 fully saturated rings. The number of hydrogen-bond acceptors (Lipinski definition) is 3. The third kappa shape index (κ3) is 3.09. The fourth-order valence-corrected chi connectivity index (χ4v) is 4.73. The summed E-state index contributed by atoms with van der Waals surface area (Å²) in [6.07, 6.45) is 0. The van der Waals surface area contributed by atoms with Gasteiger partial charge < -0.3 is 15.0 Å². The molecule has 5 rings (SSSR count). The molecule has 0 saturated heterocycles. The maximum atomic E-state index is 13.0. The molecule has 1 aromatic heterocycles. The van der Waals surface area contributed by atoms with Crippen LogP contribution in [-0.4, -0.2) is 28.6 Å². The van der Waals surface area contributed by atoms with E-state index in [0.717, 1.165) is 17.7 Å². The number of rotatable bonds is 2. The van der Waals surface area contributed by atoms with Crippen molar-refractivity contribution in [1.82, 2.24) is 9.88 Å². The molecule has 150 valence electrons. The number of aromatic hydroxyl groups is 1. The molecule has 2 N–H and O–H groups in total. The fraction of sp³-hybridized carbons (Fsp3) is 0.160. The Morgan fingerprint density at radius 2 is 1.87 bits per heavy atom. The van der Waals surface area contributed by atoms with Crippen LogP contribution in [-0.2, 0) is 6.54 Å². The molecular formula is C25H21ClN2O2. The van der Waals surface area contributed by atoms with Gasteiger partial charge in [0.05, 0.1) is 11.1 Å². The van der Waals surface area contributed by atoms with Gasteiger partial charge >= 0.3 is 0 Å². The zero-order valence-corrected chi connectivity index (χ0v) is 17.3. The van der Waals surface area contributed by atoms with Crippen LogP contribution in [0.1, 0.15) is 22.6 Å². The second kappa shape index (κ2) is 7.31. The van der Waals surface area contributed by atoms with Crippen LogP contribution < -0.4 is 5.56 Å². The van der Waals surface area contributed by atoms with Gasteiger partial charge in [0.15, 0.2) is 0 Å². The number of benzene rings is 3. The molecule has 30 heavy (non-hydrogen) atoms. The highest BCUT2D eigenvalue weighted by atomic mass is 35.5. The van der Waals surface area contributed by atoms with Gasteiger partial charge in [-0.2, -0.15) is 0 Å². The molecule has 0 spiro atoms. The van der Waals surface area contributed by atoms with Crippen LogP contribution in [0.3, 0.4) is 0 Å². The standard InChI is InChI=1S/C25H21ClN2O2/c1-28-13-20(15-6-3-2-4-7-15)17-8-5-9-18(21(17)14-28)23-24(29)19-11-10-16(26)12-22(19)27-25(23)30/h2-12,20H,13-14H2,1H3,(H2,27,29,30)/t20-/m0/s1. The van der Waals surface area contributed by atoms with E-state index in [0.29, 0.717) is 28.0 Å². The highest BCUT2D eigenvalue weighted by Crippen LogP contribution is 2.40. The lowest BCUT2D eigenvalue weighted by Gasteiger charge is -2.34. The second-order valence-corrected chi connectivity index (χ2v) is 8.34. The number of nitrogens with zero attached hydrogens (tertiary/aromatic N) is 1.